The molecule has 0 saturated carbocycles. The van der Waals surface area contributed by atoms with E-state index in [1.54, 1.807) is 0 Å². The van der Waals surface area contributed by atoms with Gasteiger partial charge in [0.1, 0.15) is 0 Å². The molecular weight excluding hydrogens is 387 g/mol. The molecule has 1 aromatic rings. The number of hydrazone groups is 1. The number of hydrogen-bond donors (Lipinski definition) is 1. The van der Waals surface area contributed by atoms with Crippen molar-refractivity contribution in [2.75, 3.05) is 0 Å². The predicted molar refractivity (Wildman–Crippen MR) is 78.4 cm³/mol. The lowest BCUT2D eigenvalue weighted by Gasteiger charge is -2.17. The van der Waals surface area contributed by atoms with Crippen molar-refractivity contribution in [1.29, 1.82) is 0 Å². The predicted octanol–water partition coefficient (Wildman–Crippen LogP) is 4.08. The Morgan fingerprint density at radius 2 is 2.27 bits per heavy atom. The molecule has 1 aliphatic rings. The molecule has 5 heteroatoms. The van der Waals surface area contributed by atoms with Crippen molar-refractivity contribution in [3.63, 3.8) is 0 Å². The van der Waals surface area contributed by atoms with Gasteiger partial charge in [0.15, 0.2) is 0 Å². The van der Waals surface area contributed by atoms with Crippen LogP contribution in [0.2, 0.25) is 0 Å². The number of benzene rings is 1. The monoisotopic (exact) mass is 396 g/mol. The summed E-state index contributed by atoms with van der Waals surface area (Å²) in [5, 5.41) is 4.38. The van der Waals surface area contributed by atoms with Crippen LogP contribution in [0.25, 0.3) is 0 Å². The summed E-state index contributed by atoms with van der Waals surface area (Å²) in [6.07, 6.45) is 3.42. The Balaban J connectivity index is 2.34. The van der Waals surface area contributed by atoms with E-state index in [1.165, 1.54) is 32.4 Å². The summed E-state index contributed by atoms with van der Waals surface area (Å²) >= 11 is 5.68. The Labute approximate surface area is 114 Å². The molecule has 0 bridgehead atoms. The van der Waals surface area contributed by atoms with E-state index in [4.69, 9.17) is 0 Å². The fraction of sp³-hybridized carbons (Fsp3) is 0.300. The van der Waals surface area contributed by atoms with Crippen molar-refractivity contribution >= 4 is 52.0 Å². The van der Waals surface area contributed by atoms with Crippen LogP contribution in [0.4, 0.5) is 0 Å². The van der Waals surface area contributed by atoms with Crippen molar-refractivity contribution in [1.82, 2.24) is 4.83 Å². The number of rotatable bonds is 2. The number of fused-ring (bicyclic) bond motifs is 1. The van der Waals surface area contributed by atoms with Gasteiger partial charge < -0.3 is 0 Å². The van der Waals surface area contributed by atoms with Crippen molar-refractivity contribution in [3.8, 4) is 0 Å². The lowest BCUT2D eigenvalue weighted by atomic mass is 9.90. The fourth-order valence-electron chi connectivity index (χ4n) is 1.82. The molecule has 0 spiro atoms. The van der Waals surface area contributed by atoms with E-state index in [1.807, 2.05) is 0 Å². The smallest absolute Gasteiger partial charge is 0.0688 e. The maximum absolute atomic E-state index is 4.38. The van der Waals surface area contributed by atoms with Crippen LogP contribution in [0.3, 0.4) is 0 Å². The fourth-order valence-corrected chi connectivity index (χ4v) is 2.67. The zero-order valence-electron chi connectivity index (χ0n) is 7.96. The molecule has 0 radical (unpaired) electrons. The van der Waals surface area contributed by atoms with Gasteiger partial charge in [0.2, 0.25) is 0 Å². The summed E-state index contributed by atoms with van der Waals surface area (Å²) < 4.78 is 1.15. The molecule has 2 rings (SSSR count). The first-order valence-corrected chi connectivity index (χ1v) is 8.84. The standard InChI is InChI=1S/C10H10BrIN2S/c11-8-4-5-9-7(6-8)2-1-3-10(9)13-14-15-12/h4-6,14H,1-3H2/b13-10+. The van der Waals surface area contributed by atoms with Gasteiger partial charge in [0.05, 0.1) is 5.71 Å². The average molecular weight is 397 g/mol. The summed E-state index contributed by atoms with van der Waals surface area (Å²) in [5.41, 5.74) is 3.87. The van der Waals surface area contributed by atoms with Gasteiger partial charge in [0.25, 0.3) is 0 Å². The highest BCUT2D eigenvalue weighted by Crippen LogP contribution is 2.25. The molecule has 0 aliphatic heterocycles. The molecule has 0 unspecified atom stereocenters. The van der Waals surface area contributed by atoms with Crippen LogP contribution in [0.1, 0.15) is 24.0 Å². The zero-order chi connectivity index (χ0) is 10.7. The Kier molecular flexibility index (Phi) is 4.33. The minimum atomic E-state index is 1.07. The summed E-state index contributed by atoms with van der Waals surface area (Å²) in [6.45, 7) is 0. The van der Waals surface area contributed by atoms with Crippen LogP contribution >= 0.6 is 46.3 Å². The van der Waals surface area contributed by atoms with Crippen molar-refractivity contribution in [2.24, 2.45) is 5.10 Å². The van der Waals surface area contributed by atoms with Gasteiger partial charge in [0, 0.05) is 40.4 Å². The number of hydrogen-bond acceptors (Lipinski definition) is 3. The van der Waals surface area contributed by atoms with E-state index < -0.39 is 0 Å². The zero-order valence-corrected chi connectivity index (χ0v) is 12.5. The van der Waals surface area contributed by atoms with Crippen LogP contribution in [0, 0.1) is 0 Å². The second-order valence-corrected chi connectivity index (χ2v) is 5.96. The third-order valence-electron chi connectivity index (χ3n) is 2.45. The molecule has 1 aromatic carbocycles. The van der Waals surface area contributed by atoms with Crippen LogP contribution in [0.15, 0.2) is 27.8 Å². The molecular formula is C10H10BrIN2S. The molecule has 80 valence electrons. The minimum Gasteiger partial charge on any atom is -0.242 e. The van der Waals surface area contributed by atoms with E-state index in [-0.39, 0.29) is 0 Å². The molecule has 0 aromatic heterocycles. The van der Waals surface area contributed by atoms with E-state index in [0.717, 1.165) is 17.3 Å². The lowest BCUT2D eigenvalue weighted by Crippen LogP contribution is -2.13. The lowest BCUT2D eigenvalue weighted by molar-refractivity contribution is 0.831. The molecule has 15 heavy (non-hydrogen) atoms. The second kappa shape index (κ2) is 5.54. The van der Waals surface area contributed by atoms with Gasteiger partial charge in [-0.15, -0.1) is 0 Å². The molecule has 2 nitrogen and oxygen atoms in total. The second-order valence-electron chi connectivity index (χ2n) is 3.38. The molecule has 0 amide bonds. The Hall–Kier alpha value is 0.250. The molecule has 1 N–H and O–H groups in total. The first kappa shape index (κ1) is 11.7. The minimum absolute atomic E-state index is 1.07. The Morgan fingerprint density at radius 3 is 3.07 bits per heavy atom. The molecule has 1 aliphatic carbocycles. The first-order chi connectivity index (χ1) is 7.31. The quantitative estimate of drug-likeness (QED) is 0.462. The molecule has 0 fully saturated rings. The summed E-state index contributed by atoms with van der Waals surface area (Å²) in [4.78, 5) is 2.95. The largest absolute Gasteiger partial charge is 0.242 e. The average Bonchev–Trinajstić information content (AvgIpc) is 2.25. The van der Waals surface area contributed by atoms with Gasteiger partial charge in [-0.1, -0.05) is 22.0 Å². The van der Waals surface area contributed by atoms with E-state index in [2.05, 4.69) is 65.3 Å². The highest BCUT2D eigenvalue weighted by Gasteiger charge is 2.15. The van der Waals surface area contributed by atoms with Gasteiger partial charge >= 0.3 is 0 Å². The van der Waals surface area contributed by atoms with E-state index >= 15 is 0 Å². The Morgan fingerprint density at radius 1 is 1.40 bits per heavy atom. The van der Waals surface area contributed by atoms with Gasteiger partial charge in [-0.25, -0.2) is 4.83 Å². The van der Waals surface area contributed by atoms with E-state index in [9.17, 15) is 0 Å². The number of nitrogens with one attached hydrogen (secondary N) is 1. The number of aryl methyl sites for hydroxylation is 1. The molecule has 0 saturated heterocycles. The summed E-state index contributed by atoms with van der Waals surface area (Å²) in [6, 6.07) is 6.43. The maximum Gasteiger partial charge on any atom is 0.0688 e. The summed E-state index contributed by atoms with van der Waals surface area (Å²) in [5.74, 6) is 0. The van der Waals surface area contributed by atoms with E-state index in [0.29, 0.717) is 0 Å². The van der Waals surface area contributed by atoms with Gasteiger partial charge in [-0.3, -0.25) is 0 Å². The number of nitrogens with zero attached hydrogens (tertiary/aromatic N) is 1. The highest BCUT2D eigenvalue weighted by molar-refractivity contribution is 14.2. The normalized spacial score (nSPS) is 17.6. The third kappa shape index (κ3) is 2.88. The van der Waals surface area contributed by atoms with Crippen molar-refractivity contribution in [3.05, 3.63) is 33.8 Å². The topological polar surface area (TPSA) is 24.4 Å². The van der Waals surface area contributed by atoms with Crippen LogP contribution in [-0.2, 0) is 6.42 Å². The van der Waals surface area contributed by atoms with Crippen LogP contribution in [0.5, 0.6) is 0 Å². The van der Waals surface area contributed by atoms with Crippen LogP contribution in [-0.4, -0.2) is 5.71 Å². The number of halogens is 2. The summed E-state index contributed by atoms with van der Waals surface area (Å²) in [7, 11) is 1.50. The first-order valence-electron chi connectivity index (χ1n) is 4.69. The van der Waals surface area contributed by atoms with Crippen LogP contribution < -0.4 is 4.83 Å². The van der Waals surface area contributed by atoms with Gasteiger partial charge in [-0.2, -0.15) is 5.10 Å². The molecule has 0 heterocycles. The van der Waals surface area contributed by atoms with Crippen molar-refractivity contribution in [2.45, 2.75) is 19.3 Å². The Bertz CT molecular complexity index is 395. The maximum atomic E-state index is 4.38. The molecule has 0 atom stereocenters. The SMILES string of the molecule is Brc1ccc2c(c1)CCC/C2=N\NSI. The van der Waals surface area contributed by atoms with Crippen molar-refractivity contribution < 1.29 is 0 Å². The highest BCUT2D eigenvalue weighted by atomic mass is 127. The third-order valence-corrected chi connectivity index (χ3v) is 3.70. The van der Waals surface area contributed by atoms with Gasteiger partial charge in [-0.05, 0) is 37.0 Å².